The number of hydroxylamine groups is 1. The fourth-order valence-corrected chi connectivity index (χ4v) is 1.85. The van der Waals surface area contributed by atoms with E-state index in [1.807, 2.05) is 5.48 Å². The molecule has 1 aromatic rings. The summed E-state index contributed by atoms with van der Waals surface area (Å²) in [6.07, 6.45) is 1.36. The van der Waals surface area contributed by atoms with Crippen LogP contribution in [0.4, 0.5) is 0 Å². The highest BCUT2D eigenvalue weighted by Crippen LogP contribution is 2.14. The van der Waals surface area contributed by atoms with Gasteiger partial charge in [-0.3, -0.25) is 9.59 Å². The topological polar surface area (TPSA) is 110 Å². The monoisotopic (exact) mass is 307 g/mol. The van der Waals surface area contributed by atoms with Gasteiger partial charge < -0.3 is 14.7 Å². The van der Waals surface area contributed by atoms with E-state index in [2.05, 4.69) is 4.84 Å². The maximum Gasteiger partial charge on any atom is 0.335 e. The fraction of sp³-hybridized carbons (Fsp3) is 0.333. The van der Waals surface area contributed by atoms with E-state index in [0.717, 1.165) is 13.2 Å². The molecule has 0 aromatic heterocycles. The molecule has 118 valence electrons. The van der Waals surface area contributed by atoms with Gasteiger partial charge in [-0.25, -0.2) is 4.79 Å². The number of carbonyl (C=O) groups is 4. The molecule has 0 saturated heterocycles. The van der Waals surface area contributed by atoms with Crippen molar-refractivity contribution in [2.75, 3.05) is 0 Å². The molecule has 0 radical (unpaired) electrons. The van der Waals surface area contributed by atoms with Crippen LogP contribution in [-0.2, 0) is 25.6 Å². The van der Waals surface area contributed by atoms with Crippen LogP contribution in [0.1, 0.15) is 35.7 Å². The van der Waals surface area contributed by atoms with E-state index in [4.69, 9.17) is 5.11 Å². The van der Waals surface area contributed by atoms with Gasteiger partial charge in [0.15, 0.2) is 0 Å². The summed E-state index contributed by atoms with van der Waals surface area (Å²) in [7, 11) is 0. The highest BCUT2D eigenvalue weighted by Gasteiger charge is 2.13. The third-order valence-electron chi connectivity index (χ3n) is 2.92. The number of rotatable bonds is 7. The lowest BCUT2D eigenvalue weighted by atomic mass is 9.95. The van der Waals surface area contributed by atoms with E-state index < -0.39 is 23.8 Å². The predicted molar refractivity (Wildman–Crippen MR) is 75.8 cm³/mol. The third kappa shape index (κ3) is 6.17. The van der Waals surface area contributed by atoms with Gasteiger partial charge in [0.2, 0.25) is 0 Å². The van der Waals surface area contributed by atoms with Crippen LogP contribution in [0, 0.1) is 5.92 Å². The van der Waals surface area contributed by atoms with Gasteiger partial charge in [0.05, 0.1) is 5.56 Å². The molecule has 1 aromatic carbocycles. The van der Waals surface area contributed by atoms with Crippen molar-refractivity contribution in [2.45, 2.75) is 26.2 Å². The van der Waals surface area contributed by atoms with Crippen LogP contribution < -0.4 is 5.48 Å². The van der Waals surface area contributed by atoms with Gasteiger partial charge in [-0.05, 0) is 30.5 Å². The minimum atomic E-state index is -1.04. The molecule has 1 rings (SSSR count). The molecule has 0 saturated carbocycles. The summed E-state index contributed by atoms with van der Waals surface area (Å²) in [6, 6.07) is 6.29. The quantitative estimate of drug-likeness (QED) is 0.577. The predicted octanol–water partition coefficient (Wildman–Crippen LogP) is 1.12. The van der Waals surface area contributed by atoms with E-state index in [1.165, 1.54) is 12.1 Å². The molecule has 22 heavy (non-hydrogen) atoms. The number of amides is 1. The maximum atomic E-state index is 11.4. The van der Waals surface area contributed by atoms with Gasteiger partial charge in [0.25, 0.3) is 5.91 Å². The van der Waals surface area contributed by atoms with Crippen molar-refractivity contribution < 1.29 is 29.1 Å². The number of carbonyl (C=O) groups excluding carboxylic acids is 3. The van der Waals surface area contributed by atoms with Crippen molar-refractivity contribution in [3.8, 4) is 0 Å². The smallest absolute Gasteiger partial charge is 0.335 e. The molecule has 0 fully saturated rings. The van der Waals surface area contributed by atoms with Crippen molar-refractivity contribution in [1.29, 1.82) is 0 Å². The first-order valence-electron chi connectivity index (χ1n) is 6.66. The maximum absolute atomic E-state index is 11.4. The molecule has 0 bridgehead atoms. The number of carboxylic acids is 1. The Balaban J connectivity index is 2.53. The van der Waals surface area contributed by atoms with Crippen LogP contribution in [-0.4, -0.2) is 29.2 Å². The Labute approximate surface area is 127 Å². The molecule has 1 unspecified atom stereocenters. The molecule has 0 spiro atoms. The second kappa shape index (κ2) is 8.56. The van der Waals surface area contributed by atoms with E-state index >= 15 is 0 Å². The minimum Gasteiger partial charge on any atom is -0.478 e. The Morgan fingerprint density at radius 2 is 2.09 bits per heavy atom. The lowest BCUT2D eigenvalue weighted by Gasteiger charge is -2.10. The van der Waals surface area contributed by atoms with E-state index in [1.54, 1.807) is 12.1 Å². The molecular formula is C15H17NO6. The molecule has 1 atom stereocenters. The fourth-order valence-electron chi connectivity index (χ4n) is 1.85. The number of hydrogen-bond donors (Lipinski definition) is 2. The van der Waals surface area contributed by atoms with Gasteiger partial charge in [-0.2, -0.15) is 5.48 Å². The van der Waals surface area contributed by atoms with Crippen molar-refractivity contribution in [3.05, 3.63) is 35.4 Å². The van der Waals surface area contributed by atoms with Crippen LogP contribution in [0.15, 0.2) is 24.3 Å². The summed E-state index contributed by atoms with van der Waals surface area (Å²) in [5.74, 6) is -2.59. The minimum absolute atomic E-state index is 0.0231. The molecule has 7 nitrogen and oxygen atoms in total. The lowest BCUT2D eigenvalue weighted by molar-refractivity contribution is -0.156. The zero-order chi connectivity index (χ0) is 16.5. The van der Waals surface area contributed by atoms with E-state index in [-0.39, 0.29) is 18.4 Å². The molecule has 0 aliphatic heterocycles. The van der Waals surface area contributed by atoms with Crippen molar-refractivity contribution in [3.63, 3.8) is 0 Å². The van der Waals surface area contributed by atoms with Gasteiger partial charge in [-0.15, -0.1) is 0 Å². The lowest BCUT2D eigenvalue weighted by Crippen LogP contribution is -2.26. The van der Waals surface area contributed by atoms with Crippen LogP contribution in [0.5, 0.6) is 0 Å². The zero-order valence-electron chi connectivity index (χ0n) is 12.1. The second-order valence-electron chi connectivity index (χ2n) is 4.76. The Bertz CT molecular complexity index is 569. The largest absolute Gasteiger partial charge is 0.478 e. The van der Waals surface area contributed by atoms with Gasteiger partial charge >= 0.3 is 11.9 Å². The second-order valence-corrected chi connectivity index (χ2v) is 4.76. The van der Waals surface area contributed by atoms with Crippen molar-refractivity contribution >= 4 is 24.1 Å². The molecular weight excluding hydrogens is 290 g/mol. The SMILES string of the molecule is CC(=O)ONC(=O)CCC(C=O)Cc1cccc(C(=O)O)c1. The van der Waals surface area contributed by atoms with Crippen LogP contribution in [0.2, 0.25) is 0 Å². The third-order valence-corrected chi connectivity index (χ3v) is 2.92. The molecule has 7 heteroatoms. The van der Waals surface area contributed by atoms with Gasteiger partial charge in [0.1, 0.15) is 6.29 Å². The first kappa shape index (κ1) is 17.4. The number of aldehydes is 1. The van der Waals surface area contributed by atoms with Gasteiger partial charge in [-0.1, -0.05) is 12.1 Å². The average Bonchev–Trinajstić information content (AvgIpc) is 2.49. The van der Waals surface area contributed by atoms with E-state index in [9.17, 15) is 19.2 Å². The molecule has 0 aliphatic carbocycles. The Morgan fingerprint density at radius 1 is 1.36 bits per heavy atom. The van der Waals surface area contributed by atoms with Gasteiger partial charge in [0, 0.05) is 19.3 Å². The van der Waals surface area contributed by atoms with Crippen molar-refractivity contribution in [2.24, 2.45) is 5.92 Å². The Morgan fingerprint density at radius 3 is 2.68 bits per heavy atom. The molecule has 2 N–H and O–H groups in total. The number of hydrogen-bond acceptors (Lipinski definition) is 5. The summed E-state index contributed by atoms with van der Waals surface area (Å²) in [4.78, 5) is 48.2. The van der Waals surface area contributed by atoms with Crippen molar-refractivity contribution in [1.82, 2.24) is 5.48 Å². The van der Waals surface area contributed by atoms with Crippen LogP contribution in [0.25, 0.3) is 0 Å². The molecule has 0 heterocycles. The summed E-state index contributed by atoms with van der Waals surface area (Å²) < 4.78 is 0. The standard InChI is InChI=1S/C15H17NO6/c1-10(18)22-16-14(19)6-5-12(9-17)7-11-3-2-4-13(8-11)15(20)21/h2-4,8-9,12H,5-7H2,1H3,(H,16,19)(H,20,21). The normalized spacial score (nSPS) is 11.3. The highest BCUT2D eigenvalue weighted by atomic mass is 16.7. The Hall–Kier alpha value is -2.70. The summed E-state index contributed by atoms with van der Waals surface area (Å²) in [5.41, 5.74) is 2.82. The first-order valence-corrected chi connectivity index (χ1v) is 6.66. The zero-order valence-corrected chi connectivity index (χ0v) is 12.1. The first-order chi connectivity index (χ1) is 10.4. The number of aromatic carboxylic acids is 1. The van der Waals surface area contributed by atoms with Crippen LogP contribution in [0.3, 0.4) is 0 Å². The Kier molecular flexibility index (Phi) is 6.75. The molecule has 1 amide bonds. The summed E-state index contributed by atoms with van der Waals surface area (Å²) in [5, 5.41) is 8.92. The number of nitrogens with one attached hydrogen (secondary N) is 1. The van der Waals surface area contributed by atoms with Crippen LogP contribution >= 0.6 is 0 Å². The average molecular weight is 307 g/mol. The number of carboxylic acid groups (broad SMARTS) is 1. The summed E-state index contributed by atoms with van der Waals surface area (Å²) in [6.45, 7) is 1.16. The molecule has 0 aliphatic rings. The number of benzene rings is 1. The summed E-state index contributed by atoms with van der Waals surface area (Å²) >= 11 is 0. The van der Waals surface area contributed by atoms with E-state index in [0.29, 0.717) is 12.0 Å². The highest BCUT2D eigenvalue weighted by molar-refractivity contribution is 5.87.